The third kappa shape index (κ3) is 6.82. The summed E-state index contributed by atoms with van der Waals surface area (Å²) < 4.78 is 5.89. The van der Waals surface area contributed by atoms with Crippen molar-refractivity contribution in [1.82, 2.24) is 5.32 Å². The molecule has 1 fully saturated rings. The fourth-order valence-electron chi connectivity index (χ4n) is 3.33. The van der Waals surface area contributed by atoms with Gasteiger partial charge in [-0.2, -0.15) is 0 Å². The average molecular weight is 488 g/mol. The standard InChI is InChI=1S/C23H26BrN3O4/c1-16(31-21(28)15-25-23(30)17-6-5-7-18(24)14-17)22(29)26-19-8-10-20(11-9-19)27-12-3-2-4-13-27/h5-11,14,16H,2-4,12-13,15H2,1H3,(H,25,30)(H,26,29). The summed E-state index contributed by atoms with van der Waals surface area (Å²) in [6, 6.07) is 14.5. The Morgan fingerprint density at radius 3 is 2.45 bits per heavy atom. The van der Waals surface area contributed by atoms with E-state index in [0.717, 1.165) is 23.2 Å². The van der Waals surface area contributed by atoms with Crippen LogP contribution in [0.5, 0.6) is 0 Å². The molecule has 0 aliphatic carbocycles. The zero-order chi connectivity index (χ0) is 22.2. The number of hydrogen-bond donors (Lipinski definition) is 2. The van der Waals surface area contributed by atoms with E-state index in [4.69, 9.17) is 4.74 Å². The van der Waals surface area contributed by atoms with Gasteiger partial charge in [0.25, 0.3) is 11.8 Å². The number of carbonyl (C=O) groups excluding carboxylic acids is 3. The van der Waals surface area contributed by atoms with Crippen molar-refractivity contribution in [2.24, 2.45) is 0 Å². The van der Waals surface area contributed by atoms with E-state index in [2.05, 4.69) is 31.5 Å². The minimum absolute atomic E-state index is 0.326. The van der Waals surface area contributed by atoms with Gasteiger partial charge in [0.2, 0.25) is 0 Å². The van der Waals surface area contributed by atoms with Crippen LogP contribution in [0, 0.1) is 0 Å². The third-order valence-electron chi connectivity index (χ3n) is 5.01. The van der Waals surface area contributed by atoms with Crippen LogP contribution in [0.15, 0.2) is 53.0 Å². The molecule has 1 atom stereocenters. The van der Waals surface area contributed by atoms with Gasteiger partial charge in [0.15, 0.2) is 6.10 Å². The van der Waals surface area contributed by atoms with Gasteiger partial charge in [0.1, 0.15) is 6.54 Å². The van der Waals surface area contributed by atoms with E-state index >= 15 is 0 Å². The Morgan fingerprint density at radius 2 is 1.77 bits per heavy atom. The predicted molar refractivity (Wildman–Crippen MR) is 123 cm³/mol. The minimum Gasteiger partial charge on any atom is -0.451 e. The third-order valence-corrected chi connectivity index (χ3v) is 5.51. The highest BCUT2D eigenvalue weighted by atomic mass is 79.9. The second-order valence-electron chi connectivity index (χ2n) is 7.41. The number of anilines is 2. The highest BCUT2D eigenvalue weighted by Crippen LogP contribution is 2.22. The molecule has 1 aliphatic heterocycles. The van der Waals surface area contributed by atoms with Crippen LogP contribution < -0.4 is 15.5 Å². The number of nitrogens with one attached hydrogen (secondary N) is 2. The first-order valence-electron chi connectivity index (χ1n) is 10.3. The molecule has 2 aromatic rings. The average Bonchev–Trinajstić information content (AvgIpc) is 2.78. The zero-order valence-corrected chi connectivity index (χ0v) is 19.0. The van der Waals surface area contributed by atoms with Crippen LogP contribution in [-0.2, 0) is 14.3 Å². The Balaban J connectivity index is 1.44. The number of hydrogen-bond acceptors (Lipinski definition) is 5. The SMILES string of the molecule is CC(OC(=O)CNC(=O)c1cccc(Br)c1)C(=O)Nc1ccc(N2CCCCC2)cc1. The van der Waals surface area contributed by atoms with Crippen LogP contribution in [0.4, 0.5) is 11.4 Å². The fraction of sp³-hybridized carbons (Fsp3) is 0.348. The summed E-state index contributed by atoms with van der Waals surface area (Å²) in [6.45, 7) is 3.27. The van der Waals surface area contributed by atoms with Crippen molar-refractivity contribution in [2.75, 3.05) is 29.9 Å². The second kappa shape index (κ2) is 10.9. The van der Waals surface area contributed by atoms with Crippen LogP contribution in [0.3, 0.4) is 0 Å². The van der Waals surface area contributed by atoms with Gasteiger partial charge in [-0.05, 0) is 68.7 Å². The summed E-state index contributed by atoms with van der Waals surface area (Å²) in [6.07, 6.45) is 2.68. The van der Waals surface area contributed by atoms with E-state index in [9.17, 15) is 14.4 Å². The van der Waals surface area contributed by atoms with Crippen molar-refractivity contribution in [2.45, 2.75) is 32.3 Å². The Labute approximate surface area is 190 Å². The lowest BCUT2D eigenvalue weighted by Gasteiger charge is -2.28. The van der Waals surface area contributed by atoms with E-state index in [1.54, 1.807) is 24.3 Å². The first kappa shape index (κ1) is 22.8. The van der Waals surface area contributed by atoms with Crippen LogP contribution in [0.25, 0.3) is 0 Å². The molecule has 0 radical (unpaired) electrons. The van der Waals surface area contributed by atoms with Gasteiger partial charge in [-0.15, -0.1) is 0 Å². The molecule has 0 saturated carbocycles. The van der Waals surface area contributed by atoms with Crippen molar-refractivity contribution in [3.05, 3.63) is 58.6 Å². The molecular weight excluding hydrogens is 462 g/mol. The lowest BCUT2D eigenvalue weighted by Crippen LogP contribution is -2.35. The quantitative estimate of drug-likeness (QED) is 0.580. The number of amides is 2. The van der Waals surface area contributed by atoms with E-state index in [1.807, 2.05) is 24.3 Å². The molecular formula is C23H26BrN3O4. The lowest BCUT2D eigenvalue weighted by atomic mass is 10.1. The van der Waals surface area contributed by atoms with Crippen molar-refractivity contribution < 1.29 is 19.1 Å². The van der Waals surface area contributed by atoms with Crippen molar-refractivity contribution >= 4 is 45.1 Å². The molecule has 0 aromatic heterocycles. The first-order valence-corrected chi connectivity index (χ1v) is 11.1. The number of ether oxygens (including phenoxy) is 1. The van der Waals surface area contributed by atoms with Gasteiger partial charge < -0.3 is 20.3 Å². The van der Waals surface area contributed by atoms with Gasteiger partial charge in [0.05, 0.1) is 0 Å². The highest BCUT2D eigenvalue weighted by molar-refractivity contribution is 9.10. The van der Waals surface area contributed by atoms with Gasteiger partial charge in [-0.3, -0.25) is 14.4 Å². The summed E-state index contributed by atoms with van der Waals surface area (Å²) in [5, 5.41) is 5.23. The fourth-order valence-corrected chi connectivity index (χ4v) is 3.73. The molecule has 2 N–H and O–H groups in total. The number of rotatable bonds is 7. The zero-order valence-electron chi connectivity index (χ0n) is 17.4. The van der Waals surface area contributed by atoms with Gasteiger partial charge >= 0.3 is 5.97 Å². The van der Waals surface area contributed by atoms with E-state index in [-0.39, 0.29) is 6.54 Å². The molecule has 2 aromatic carbocycles. The maximum absolute atomic E-state index is 12.3. The van der Waals surface area contributed by atoms with Gasteiger partial charge in [-0.1, -0.05) is 22.0 Å². The largest absolute Gasteiger partial charge is 0.451 e. The van der Waals surface area contributed by atoms with Crippen molar-refractivity contribution in [3.63, 3.8) is 0 Å². The smallest absolute Gasteiger partial charge is 0.326 e. The van der Waals surface area contributed by atoms with E-state index < -0.39 is 23.9 Å². The summed E-state index contributed by atoms with van der Waals surface area (Å²) in [7, 11) is 0. The number of halogens is 1. The first-order chi connectivity index (χ1) is 14.9. The molecule has 1 saturated heterocycles. The number of esters is 1. The molecule has 1 heterocycles. The van der Waals surface area contributed by atoms with Gasteiger partial charge in [0, 0.05) is 34.5 Å². The lowest BCUT2D eigenvalue weighted by molar-refractivity contribution is -0.152. The van der Waals surface area contributed by atoms with Crippen LogP contribution in [-0.4, -0.2) is 43.5 Å². The molecule has 31 heavy (non-hydrogen) atoms. The molecule has 7 nitrogen and oxygen atoms in total. The molecule has 1 aliphatic rings. The molecule has 0 spiro atoms. The van der Waals surface area contributed by atoms with Crippen molar-refractivity contribution in [1.29, 1.82) is 0 Å². The number of carbonyl (C=O) groups is 3. The maximum Gasteiger partial charge on any atom is 0.326 e. The van der Waals surface area contributed by atoms with E-state index in [0.29, 0.717) is 11.3 Å². The number of benzene rings is 2. The summed E-state index contributed by atoms with van der Waals surface area (Å²) in [5.74, 6) is -1.52. The molecule has 164 valence electrons. The highest BCUT2D eigenvalue weighted by Gasteiger charge is 2.19. The predicted octanol–water partition coefficient (Wildman–Crippen LogP) is 3.74. The van der Waals surface area contributed by atoms with Crippen LogP contribution in [0.2, 0.25) is 0 Å². The summed E-state index contributed by atoms with van der Waals surface area (Å²) in [4.78, 5) is 38.8. The Hall–Kier alpha value is -2.87. The number of nitrogens with zero attached hydrogens (tertiary/aromatic N) is 1. The Kier molecular flexibility index (Phi) is 8.06. The normalized spacial score (nSPS) is 14.5. The summed E-state index contributed by atoms with van der Waals surface area (Å²) in [5.41, 5.74) is 2.19. The Morgan fingerprint density at radius 1 is 1.06 bits per heavy atom. The molecule has 2 amide bonds. The number of piperidine rings is 1. The van der Waals surface area contributed by atoms with Crippen LogP contribution >= 0.6 is 15.9 Å². The van der Waals surface area contributed by atoms with Crippen LogP contribution in [0.1, 0.15) is 36.5 Å². The molecule has 0 bridgehead atoms. The minimum atomic E-state index is -0.989. The Bertz CT molecular complexity index is 927. The van der Waals surface area contributed by atoms with E-state index in [1.165, 1.54) is 26.2 Å². The molecule has 8 heteroatoms. The maximum atomic E-state index is 12.3. The second-order valence-corrected chi connectivity index (χ2v) is 8.32. The molecule has 3 rings (SSSR count). The topological polar surface area (TPSA) is 87.7 Å². The molecule has 1 unspecified atom stereocenters. The van der Waals surface area contributed by atoms with Crippen molar-refractivity contribution in [3.8, 4) is 0 Å². The monoisotopic (exact) mass is 487 g/mol. The van der Waals surface area contributed by atoms with Gasteiger partial charge in [-0.25, -0.2) is 0 Å². The summed E-state index contributed by atoms with van der Waals surface area (Å²) >= 11 is 3.29.